The molecule has 19 heavy (non-hydrogen) atoms. The van der Waals surface area contributed by atoms with E-state index in [0.29, 0.717) is 0 Å². The fourth-order valence-electron chi connectivity index (χ4n) is 2.03. The number of hydrogen-bond donors (Lipinski definition) is 1. The minimum Gasteiger partial charge on any atom is -0.458 e. The maximum Gasteiger partial charge on any atom is 0.329 e. The summed E-state index contributed by atoms with van der Waals surface area (Å²) >= 11 is 0. The predicted octanol–water partition coefficient (Wildman–Crippen LogP) is 2.52. The molecule has 0 bridgehead atoms. The Bertz CT molecular complexity index is 366. The van der Waals surface area contributed by atoms with Gasteiger partial charge in [-0.3, -0.25) is 4.79 Å². The molecule has 1 amide bonds. The molecule has 0 saturated heterocycles. The van der Waals surface area contributed by atoms with Crippen LogP contribution in [-0.2, 0) is 14.3 Å². The van der Waals surface area contributed by atoms with Crippen LogP contribution in [0.1, 0.15) is 54.9 Å². The van der Waals surface area contributed by atoms with Crippen LogP contribution in [0.25, 0.3) is 0 Å². The molecule has 1 unspecified atom stereocenters. The first-order valence-corrected chi connectivity index (χ1v) is 6.97. The first kappa shape index (κ1) is 16.0. The molecule has 0 heterocycles. The van der Waals surface area contributed by atoms with E-state index in [-0.39, 0.29) is 29.1 Å². The molecule has 1 aliphatic rings. The number of esters is 1. The second-order valence-electron chi connectivity index (χ2n) is 7.51. The monoisotopic (exact) mass is 269 g/mol. The van der Waals surface area contributed by atoms with E-state index in [0.717, 1.165) is 6.42 Å². The Morgan fingerprint density at radius 1 is 1.26 bits per heavy atom. The van der Waals surface area contributed by atoms with Gasteiger partial charge in [0.2, 0.25) is 5.91 Å². The van der Waals surface area contributed by atoms with Gasteiger partial charge in [-0.25, -0.2) is 4.79 Å². The van der Waals surface area contributed by atoms with Crippen LogP contribution in [0.3, 0.4) is 0 Å². The summed E-state index contributed by atoms with van der Waals surface area (Å²) in [6, 6.07) is -0.567. The van der Waals surface area contributed by atoms with Gasteiger partial charge in [0.05, 0.1) is 0 Å². The molecular formula is C15H27NO3. The summed E-state index contributed by atoms with van der Waals surface area (Å²) in [5.74, 6) is -0.347. The number of amides is 1. The average molecular weight is 269 g/mol. The van der Waals surface area contributed by atoms with Crippen molar-refractivity contribution in [2.45, 2.75) is 66.5 Å². The van der Waals surface area contributed by atoms with Gasteiger partial charge in [-0.2, -0.15) is 0 Å². The van der Waals surface area contributed by atoms with Gasteiger partial charge in [-0.05, 0) is 38.5 Å². The zero-order valence-electron chi connectivity index (χ0n) is 13.2. The fourth-order valence-corrected chi connectivity index (χ4v) is 2.03. The normalized spacial score (nSPS) is 22.8. The van der Waals surface area contributed by atoms with E-state index < -0.39 is 11.6 Å². The third-order valence-electron chi connectivity index (χ3n) is 3.46. The smallest absolute Gasteiger partial charge is 0.329 e. The van der Waals surface area contributed by atoms with Crippen molar-refractivity contribution in [3.63, 3.8) is 0 Å². The molecule has 2 atom stereocenters. The van der Waals surface area contributed by atoms with E-state index in [1.165, 1.54) is 0 Å². The topological polar surface area (TPSA) is 55.4 Å². The first-order valence-electron chi connectivity index (χ1n) is 6.97. The van der Waals surface area contributed by atoms with Crippen LogP contribution in [0.15, 0.2) is 0 Å². The Morgan fingerprint density at radius 3 is 2.05 bits per heavy atom. The Balaban J connectivity index is 2.64. The molecule has 4 nitrogen and oxygen atoms in total. The lowest BCUT2D eigenvalue weighted by atomic mass is 10.0. The summed E-state index contributed by atoms with van der Waals surface area (Å²) < 4.78 is 5.36. The summed E-state index contributed by atoms with van der Waals surface area (Å²) in [7, 11) is 0. The third kappa shape index (κ3) is 4.51. The molecule has 0 aromatic carbocycles. The van der Waals surface area contributed by atoms with E-state index in [1.54, 1.807) is 0 Å². The molecule has 1 N–H and O–H groups in total. The maximum atomic E-state index is 12.1. The van der Waals surface area contributed by atoms with E-state index in [2.05, 4.69) is 19.2 Å². The largest absolute Gasteiger partial charge is 0.458 e. The number of nitrogens with one attached hydrogen (secondary N) is 1. The highest BCUT2D eigenvalue weighted by molar-refractivity contribution is 5.88. The number of hydrogen-bond acceptors (Lipinski definition) is 3. The second kappa shape index (κ2) is 5.14. The summed E-state index contributed by atoms with van der Waals surface area (Å²) in [5, 5.41) is 2.84. The molecule has 0 aromatic heterocycles. The Hall–Kier alpha value is -1.06. The summed E-state index contributed by atoms with van der Waals surface area (Å²) in [5.41, 5.74) is -0.465. The minimum absolute atomic E-state index is 0.0145. The van der Waals surface area contributed by atoms with Crippen LogP contribution < -0.4 is 5.32 Å². The summed E-state index contributed by atoms with van der Waals surface area (Å²) in [6.07, 6.45) is 0.887. The van der Waals surface area contributed by atoms with Crippen molar-refractivity contribution in [1.29, 1.82) is 0 Å². The van der Waals surface area contributed by atoms with Gasteiger partial charge in [0.25, 0.3) is 0 Å². The molecular weight excluding hydrogens is 242 g/mol. The molecule has 4 heteroatoms. The lowest BCUT2D eigenvalue weighted by Gasteiger charge is -2.26. The fraction of sp³-hybridized carbons (Fsp3) is 0.867. The molecule has 0 aromatic rings. The highest BCUT2D eigenvalue weighted by Gasteiger charge is 2.51. The van der Waals surface area contributed by atoms with Crippen LogP contribution in [0, 0.1) is 17.3 Å². The average Bonchev–Trinajstić information content (AvgIpc) is 2.80. The standard InChI is InChI=1S/C15H27NO3/c1-9(2)11(13(18)19-14(3,4)5)16-12(17)10-8-15(10,6)7/h9-11H,8H2,1-7H3,(H,16,17)/t10?,11-/m1/s1. The van der Waals surface area contributed by atoms with Crippen LogP contribution in [0.4, 0.5) is 0 Å². The zero-order chi connectivity index (χ0) is 15.0. The predicted molar refractivity (Wildman–Crippen MR) is 74.5 cm³/mol. The molecule has 0 radical (unpaired) electrons. The number of ether oxygens (including phenoxy) is 1. The van der Waals surface area contributed by atoms with Gasteiger partial charge < -0.3 is 10.1 Å². The van der Waals surface area contributed by atoms with Crippen molar-refractivity contribution in [2.75, 3.05) is 0 Å². The Kier molecular flexibility index (Phi) is 4.33. The molecule has 1 fully saturated rings. The van der Waals surface area contributed by atoms with E-state index in [9.17, 15) is 9.59 Å². The molecule has 110 valence electrons. The summed E-state index contributed by atoms with van der Waals surface area (Å²) in [4.78, 5) is 24.2. The van der Waals surface area contributed by atoms with Gasteiger partial charge >= 0.3 is 5.97 Å². The quantitative estimate of drug-likeness (QED) is 0.798. The van der Waals surface area contributed by atoms with Gasteiger partial charge in [0, 0.05) is 5.92 Å². The van der Waals surface area contributed by atoms with Crippen molar-refractivity contribution in [1.82, 2.24) is 5.32 Å². The van der Waals surface area contributed by atoms with Crippen LogP contribution in [0.2, 0.25) is 0 Å². The van der Waals surface area contributed by atoms with Gasteiger partial charge in [-0.1, -0.05) is 27.7 Å². The molecule has 1 saturated carbocycles. The second-order valence-corrected chi connectivity index (χ2v) is 7.51. The van der Waals surface area contributed by atoms with Gasteiger partial charge in [0.15, 0.2) is 0 Å². The Labute approximate surface area is 116 Å². The zero-order valence-corrected chi connectivity index (χ0v) is 13.2. The Morgan fingerprint density at radius 2 is 1.74 bits per heavy atom. The molecule has 0 aliphatic heterocycles. The van der Waals surface area contributed by atoms with Crippen molar-refractivity contribution in [3.8, 4) is 0 Å². The van der Waals surface area contributed by atoms with Gasteiger partial charge in [0.1, 0.15) is 11.6 Å². The number of carbonyl (C=O) groups excluding carboxylic acids is 2. The molecule has 1 aliphatic carbocycles. The maximum absolute atomic E-state index is 12.1. The highest BCUT2D eigenvalue weighted by atomic mass is 16.6. The van der Waals surface area contributed by atoms with E-state index in [1.807, 2.05) is 34.6 Å². The van der Waals surface area contributed by atoms with Crippen LogP contribution in [0.5, 0.6) is 0 Å². The SMILES string of the molecule is CC(C)[C@@H](NC(=O)C1CC1(C)C)C(=O)OC(C)(C)C. The van der Waals surface area contributed by atoms with Crippen LogP contribution >= 0.6 is 0 Å². The van der Waals surface area contributed by atoms with Crippen molar-refractivity contribution < 1.29 is 14.3 Å². The van der Waals surface area contributed by atoms with Gasteiger partial charge in [-0.15, -0.1) is 0 Å². The summed E-state index contributed by atoms with van der Waals surface area (Å²) in [6.45, 7) is 13.4. The minimum atomic E-state index is -0.567. The van der Waals surface area contributed by atoms with Crippen molar-refractivity contribution >= 4 is 11.9 Å². The number of carbonyl (C=O) groups is 2. The highest BCUT2D eigenvalue weighted by Crippen LogP contribution is 2.51. The number of rotatable bonds is 4. The lowest BCUT2D eigenvalue weighted by Crippen LogP contribution is -2.48. The van der Waals surface area contributed by atoms with Crippen molar-refractivity contribution in [2.24, 2.45) is 17.3 Å². The van der Waals surface area contributed by atoms with E-state index >= 15 is 0 Å². The van der Waals surface area contributed by atoms with Crippen LogP contribution in [-0.4, -0.2) is 23.5 Å². The first-order chi connectivity index (χ1) is 8.44. The molecule has 1 rings (SSSR count). The van der Waals surface area contributed by atoms with E-state index in [4.69, 9.17) is 4.74 Å². The third-order valence-corrected chi connectivity index (χ3v) is 3.46. The lowest BCUT2D eigenvalue weighted by molar-refractivity contribution is -0.160. The van der Waals surface area contributed by atoms with Crippen molar-refractivity contribution in [3.05, 3.63) is 0 Å². The molecule has 0 spiro atoms.